The van der Waals surface area contributed by atoms with Gasteiger partial charge in [-0.15, -0.1) is 0 Å². The lowest BCUT2D eigenvalue weighted by Crippen LogP contribution is -2.28. The summed E-state index contributed by atoms with van der Waals surface area (Å²) < 4.78 is 3.35. The molecule has 0 unspecified atom stereocenters. The zero-order chi connectivity index (χ0) is 13.8. The predicted molar refractivity (Wildman–Crippen MR) is 66.9 cm³/mol. The molecular formula is C12H14N4O3. The van der Waals surface area contributed by atoms with Crippen molar-refractivity contribution in [3.05, 3.63) is 42.2 Å². The lowest BCUT2D eigenvalue weighted by Gasteiger charge is -2.06. The van der Waals surface area contributed by atoms with Crippen molar-refractivity contribution in [2.45, 2.75) is 6.54 Å². The molecule has 7 heteroatoms. The van der Waals surface area contributed by atoms with Crippen molar-refractivity contribution in [2.75, 3.05) is 6.54 Å². The van der Waals surface area contributed by atoms with E-state index in [1.54, 1.807) is 34.5 Å². The summed E-state index contributed by atoms with van der Waals surface area (Å²) in [5.41, 5.74) is 0.575. The molecular weight excluding hydrogens is 248 g/mol. The van der Waals surface area contributed by atoms with E-state index in [0.29, 0.717) is 18.8 Å². The second-order valence-electron chi connectivity index (χ2n) is 4.06. The van der Waals surface area contributed by atoms with Crippen molar-refractivity contribution in [3.63, 3.8) is 0 Å². The number of carbonyl (C=O) groups excluding carboxylic acids is 1. The van der Waals surface area contributed by atoms with Gasteiger partial charge in [-0.3, -0.25) is 4.79 Å². The van der Waals surface area contributed by atoms with Gasteiger partial charge in [0.15, 0.2) is 5.69 Å². The summed E-state index contributed by atoms with van der Waals surface area (Å²) in [5, 5.41) is 11.5. The Labute approximate surface area is 109 Å². The van der Waals surface area contributed by atoms with Gasteiger partial charge in [0, 0.05) is 32.5 Å². The molecule has 7 nitrogen and oxygen atoms in total. The molecule has 0 atom stereocenters. The van der Waals surface area contributed by atoms with Crippen LogP contribution in [0.3, 0.4) is 0 Å². The number of carboxylic acids is 1. The molecule has 0 aliphatic carbocycles. The minimum absolute atomic E-state index is 0.00578. The van der Waals surface area contributed by atoms with Gasteiger partial charge < -0.3 is 19.6 Å². The minimum atomic E-state index is -1.06. The van der Waals surface area contributed by atoms with Gasteiger partial charge in [-0.05, 0) is 12.1 Å². The standard InChI is InChI=1S/C12H14N4O3/c1-15-5-2-3-10(15)11(17)13-4-6-16-7-9(12(18)19)14-8-16/h2-3,5,7-8H,4,6H2,1H3,(H,13,17)(H,18,19). The Hall–Kier alpha value is -2.57. The Morgan fingerprint density at radius 2 is 2.26 bits per heavy atom. The maximum absolute atomic E-state index is 11.8. The fourth-order valence-corrected chi connectivity index (χ4v) is 1.68. The van der Waals surface area contributed by atoms with Crippen molar-refractivity contribution < 1.29 is 14.7 Å². The smallest absolute Gasteiger partial charge is 0.356 e. The third kappa shape index (κ3) is 3.01. The molecule has 100 valence electrons. The molecule has 0 saturated carbocycles. The Kier molecular flexibility index (Phi) is 3.65. The summed E-state index contributed by atoms with van der Waals surface area (Å²) in [5.74, 6) is -1.22. The van der Waals surface area contributed by atoms with Gasteiger partial charge in [-0.1, -0.05) is 0 Å². The van der Waals surface area contributed by atoms with E-state index in [2.05, 4.69) is 10.3 Å². The van der Waals surface area contributed by atoms with Gasteiger partial charge >= 0.3 is 5.97 Å². The highest BCUT2D eigenvalue weighted by Gasteiger charge is 2.09. The van der Waals surface area contributed by atoms with E-state index < -0.39 is 5.97 Å². The SMILES string of the molecule is Cn1cccc1C(=O)NCCn1cnc(C(=O)O)c1. The van der Waals surface area contributed by atoms with Crippen LogP contribution in [0.5, 0.6) is 0 Å². The van der Waals surface area contributed by atoms with Crippen LogP contribution < -0.4 is 5.32 Å². The Balaban J connectivity index is 1.85. The highest BCUT2D eigenvalue weighted by molar-refractivity contribution is 5.92. The summed E-state index contributed by atoms with van der Waals surface area (Å²) in [6.45, 7) is 0.871. The summed E-state index contributed by atoms with van der Waals surface area (Å²) in [6.07, 6.45) is 4.65. The first kappa shape index (κ1) is 12.9. The van der Waals surface area contributed by atoms with Crippen LogP contribution >= 0.6 is 0 Å². The van der Waals surface area contributed by atoms with Crippen LogP contribution in [0, 0.1) is 0 Å². The number of imidazole rings is 1. The predicted octanol–water partition coefficient (Wildman–Crippen LogP) is 0.350. The minimum Gasteiger partial charge on any atom is -0.476 e. The van der Waals surface area contributed by atoms with E-state index in [-0.39, 0.29) is 11.6 Å². The molecule has 0 radical (unpaired) electrons. The van der Waals surface area contributed by atoms with Crippen molar-refractivity contribution >= 4 is 11.9 Å². The Morgan fingerprint density at radius 3 is 2.84 bits per heavy atom. The summed E-state index contributed by atoms with van der Waals surface area (Å²) in [7, 11) is 1.80. The van der Waals surface area contributed by atoms with E-state index in [1.165, 1.54) is 12.5 Å². The van der Waals surface area contributed by atoms with Crippen LogP contribution in [0.1, 0.15) is 21.0 Å². The van der Waals surface area contributed by atoms with E-state index in [0.717, 1.165) is 0 Å². The fraction of sp³-hybridized carbons (Fsp3) is 0.250. The molecule has 2 rings (SSSR count). The third-order valence-corrected chi connectivity index (χ3v) is 2.68. The molecule has 0 spiro atoms. The average Bonchev–Trinajstić information content (AvgIpc) is 2.97. The van der Waals surface area contributed by atoms with Crippen molar-refractivity contribution in [3.8, 4) is 0 Å². The average molecular weight is 262 g/mol. The largest absolute Gasteiger partial charge is 0.476 e. The molecule has 2 aromatic heterocycles. The number of carbonyl (C=O) groups is 2. The van der Waals surface area contributed by atoms with E-state index >= 15 is 0 Å². The number of nitrogens with one attached hydrogen (secondary N) is 1. The number of hydrogen-bond acceptors (Lipinski definition) is 3. The number of nitrogens with zero attached hydrogens (tertiary/aromatic N) is 3. The van der Waals surface area contributed by atoms with Crippen LogP contribution in [-0.4, -0.2) is 37.6 Å². The molecule has 0 aliphatic heterocycles. The molecule has 0 fully saturated rings. The number of aromatic carboxylic acids is 1. The quantitative estimate of drug-likeness (QED) is 0.813. The zero-order valence-corrected chi connectivity index (χ0v) is 10.4. The number of rotatable bonds is 5. The van der Waals surface area contributed by atoms with Gasteiger partial charge in [0.25, 0.3) is 5.91 Å². The van der Waals surface area contributed by atoms with Crippen molar-refractivity contribution in [1.29, 1.82) is 0 Å². The maximum atomic E-state index is 11.8. The van der Waals surface area contributed by atoms with Crippen LogP contribution in [0.2, 0.25) is 0 Å². The van der Waals surface area contributed by atoms with Crippen LogP contribution in [0.4, 0.5) is 0 Å². The Bertz CT molecular complexity index is 600. The molecule has 2 heterocycles. The summed E-state index contributed by atoms with van der Waals surface area (Å²) in [4.78, 5) is 26.1. The molecule has 19 heavy (non-hydrogen) atoms. The molecule has 0 bridgehead atoms. The molecule has 0 aliphatic rings. The second-order valence-corrected chi connectivity index (χ2v) is 4.06. The topological polar surface area (TPSA) is 89.2 Å². The number of carboxylic acid groups (broad SMARTS) is 1. The van der Waals surface area contributed by atoms with E-state index in [1.807, 2.05) is 0 Å². The highest BCUT2D eigenvalue weighted by Crippen LogP contribution is 1.99. The monoisotopic (exact) mass is 262 g/mol. The molecule has 2 aromatic rings. The normalized spacial score (nSPS) is 10.4. The van der Waals surface area contributed by atoms with E-state index in [4.69, 9.17) is 5.11 Å². The first-order chi connectivity index (χ1) is 9.08. The van der Waals surface area contributed by atoms with Crippen molar-refractivity contribution in [1.82, 2.24) is 19.4 Å². The first-order valence-electron chi connectivity index (χ1n) is 5.72. The third-order valence-electron chi connectivity index (χ3n) is 2.68. The Morgan fingerprint density at radius 1 is 1.47 bits per heavy atom. The van der Waals surface area contributed by atoms with Gasteiger partial charge in [-0.25, -0.2) is 9.78 Å². The number of amides is 1. The number of aromatic nitrogens is 3. The summed E-state index contributed by atoms with van der Waals surface area (Å²) in [6, 6.07) is 3.53. The first-order valence-corrected chi connectivity index (χ1v) is 5.72. The number of aryl methyl sites for hydroxylation is 1. The van der Waals surface area contributed by atoms with Gasteiger partial charge in [-0.2, -0.15) is 0 Å². The molecule has 0 aromatic carbocycles. The summed E-state index contributed by atoms with van der Waals surface area (Å²) >= 11 is 0. The van der Waals surface area contributed by atoms with Crippen LogP contribution in [0.15, 0.2) is 30.9 Å². The molecule has 0 saturated heterocycles. The zero-order valence-electron chi connectivity index (χ0n) is 10.4. The lowest BCUT2D eigenvalue weighted by molar-refractivity contribution is 0.0690. The maximum Gasteiger partial charge on any atom is 0.356 e. The van der Waals surface area contributed by atoms with Crippen LogP contribution in [-0.2, 0) is 13.6 Å². The lowest BCUT2D eigenvalue weighted by atomic mass is 10.4. The fourth-order valence-electron chi connectivity index (χ4n) is 1.68. The van der Waals surface area contributed by atoms with Gasteiger partial charge in [0.05, 0.1) is 6.33 Å². The van der Waals surface area contributed by atoms with Crippen LogP contribution in [0.25, 0.3) is 0 Å². The van der Waals surface area contributed by atoms with Gasteiger partial charge in [0.2, 0.25) is 0 Å². The second kappa shape index (κ2) is 5.38. The van der Waals surface area contributed by atoms with Gasteiger partial charge in [0.1, 0.15) is 5.69 Å². The molecule has 1 amide bonds. The number of hydrogen-bond donors (Lipinski definition) is 2. The molecule has 2 N–H and O–H groups in total. The highest BCUT2D eigenvalue weighted by atomic mass is 16.4. The van der Waals surface area contributed by atoms with Crippen molar-refractivity contribution in [2.24, 2.45) is 7.05 Å². The van der Waals surface area contributed by atoms with E-state index in [9.17, 15) is 9.59 Å².